The Morgan fingerprint density at radius 3 is 2.24 bits per heavy atom. The Balaban J connectivity index is 1.79. The zero-order chi connectivity index (χ0) is 18.4. The fourth-order valence-corrected chi connectivity index (χ4v) is 2.71. The fourth-order valence-electron chi connectivity index (χ4n) is 2.57. The molecule has 0 saturated heterocycles. The normalized spacial score (nSPS) is 10.2. The van der Waals surface area contributed by atoms with Gasteiger partial charge in [0.25, 0.3) is 0 Å². The lowest BCUT2D eigenvalue weighted by molar-refractivity contribution is -0.115. The molecule has 25 heavy (non-hydrogen) atoms. The van der Waals surface area contributed by atoms with Crippen molar-refractivity contribution < 1.29 is 9.18 Å². The van der Waals surface area contributed by atoms with Gasteiger partial charge in [-0.25, -0.2) is 4.39 Å². The largest absolute Gasteiger partial charge is 0.359 e. The van der Waals surface area contributed by atoms with E-state index in [-0.39, 0.29) is 18.3 Å². The summed E-state index contributed by atoms with van der Waals surface area (Å²) in [6.45, 7) is 6.50. The number of aryl methyl sites for hydroxylation is 3. The number of hydrogen-bond acceptors (Lipinski definition) is 2. The molecule has 0 heterocycles. The van der Waals surface area contributed by atoms with Crippen LogP contribution in [-0.4, -0.2) is 17.6 Å². The number of carbonyl (C=O) groups is 1. The van der Waals surface area contributed by atoms with E-state index in [0.717, 1.165) is 27.9 Å². The van der Waals surface area contributed by atoms with E-state index in [2.05, 4.69) is 16.0 Å². The van der Waals surface area contributed by atoms with Crippen LogP contribution in [0.3, 0.4) is 0 Å². The van der Waals surface area contributed by atoms with E-state index in [1.165, 1.54) is 12.1 Å². The van der Waals surface area contributed by atoms with Gasteiger partial charge < -0.3 is 16.0 Å². The van der Waals surface area contributed by atoms with Gasteiger partial charge in [-0.3, -0.25) is 4.79 Å². The van der Waals surface area contributed by atoms with E-state index in [4.69, 9.17) is 12.2 Å². The Morgan fingerprint density at radius 1 is 1.04 bits per heavy atom. The summed E-state index contributed by atoms with van der Waals surface area (Å²) in [6, 6.07) is 10.2. The molecule has 0 fully saturated rings. The first-order valence-electron chi connectivity index (χ1n) is 7.99. The molecule has 3 N–H and O–H groups in total. The maximum absolute atomic E-state index is 12.8. The molecule has 0 aliphatic carbocycles. The maximum atomic E-state index is 12.8. The molecule has 1 amide bonds. The van der Waals surface area contributed by atoms with Crippen LogP contribution in [0, 0.1) is 26.6 Å². The predicted octanol–water partition coefficient (Wildman–Crippen LogP) is 3.35. The number of hydrogen-bond donors (Lipinski definition) is 3. The molecular formula is C19H22FN3OS. The van der Waals surface area contributed by atoms with Crippen LogP contribution in [-0.2, 0) is 11.3 Å². The van der Waals surface area contributed by atoms with Gasteiger partial charge in [-0.2, -0.15) is 0 Å². The molecule has 4 nitrogen and oxygen atoms in total. The van der Waals surface area contributed by atoms with E-state index in [1.54, 1.807) is 12.1 Å². The molecule has 0 aliphatic heterocycles. The number of rotatable bonds is 5. The predicted molar refractivity (Wildman–Crippen MR) is 103 cm³/mol. The molecule has 0 aromatic heterocycles. The van der Waals surface area contributed by atoms with Gasteiger partial charge in [0.05, 0.1) is 6.54 Å². The summed E-state index contributed by atoms with van der Waals surface area (Å²) in [5.74, 6) is -0.441. The number of thiocarbonyl (C=S) groups is 1. The second-order valence-corrected chi connectivity index (χ2v) is 6.39. The minimum atomic E-state index is -0.275. The van der Waals surface area contributed by atoms with Crippen molar-refractivity contribution in [2.75, 3.05) is 11.9 Å². The van der Waals surface area contributed by atoms with Crippen LogP contribution in [0.2, 0.25) is 0 Å². The molecule has 2 aromatic rings. The van der Waals surface area contributed by atoms with Gasteiger partial charge in [0.2, 0.25) is 5.91 Å². The highest BCUT2D eigenvalue weighted by Gasteiger charge is 2.08. The molecule has 2 aromatic carbocycles. The van der Waals surface area contributed by atoms with Gasteiger partial charge in [-0.15, -0.1) is 0 Å². The molecule has 0 bridgehead atoms. The average Bonchev–Trinajstić information content (AvgIpc) is 2.55. The third kappa shape index (κ3) is 5.83. The molecule has 0 spiro atoms. The zero-order valence-corrected chi connectivity index (χ0v) is 15.4. The zero-order valence-electron chi connectivity index (χ0n) is 14.6. The van der Waals surface area contributed by atoms with E-state index in [9.17, 15) is 9.18 Å². The van der Waals surface area contributed by atoms with E-state index in [0.29, 0.717) is 11.7 Å². The number of amides is 1. The minimum Gasteiger partial charge on any atom is -0.359 e. The van der Waals surface area contributed by atoms with Crippen LogP contribution in [0.5, 0.6) is 0 Å². The van der Waals surface area contributed by atoms with Crippen molar-refractivity contribution in [2.45, 2.75) is 27.3 Å². The monoisotopic (exact) mass is 359 g/mol. The van der Waals surface area contributed by atoms with E-state index >= 15 is 0 Å². The standard InChI is InChI=1S/C19H22FN3OS/c1-12-8-13(2)18(14(3)9-12)23-17(24)11-22-19(25)21-10-15-4-6-16(20)7-5-15/h4-9H,10-11H2,1-3H3,(H,23,24)(H2,21,22,25). The van der Waals surface area contributed by atoms with Gasteiger partial charge in [-0.1, -0.05) is 29.8 Å². The Kier molecular flexibility index (Phi) is 6.47. The highest BCUT2D eigenvalue weighted by atomic mass is 32.1. The van der Waals surface area contributed by atoms with Crippen molar-refractivity contribution in [3.63, 3.8) is 0 Å². The lowest BCUT2D eigenvalue weighted by atomic mass is 10.1. The number of halogens is 1. The summed E-state index contributed by atoms with van der Waals surface area (Å²) in [4.78, 5) is 12.1. The third-order valence-corrected chi connectivity index (χ3v) is 4.01. The Hall–Kier alpha value is -2.47. The SMILES string of the molecule is Cc1cc(C)c(NC(=O)CNC(=S)NCc2ccc(F)cc2)c(C)c1. The van der Waals surface area contributed by atoms with Crippen LogP contribution in [0.4, 0.5) is 10.1 Å². The first-order valence-corrected chi connectivity index (χ1v) is 8.40. The highest BCUT2D eigenvalue weighted by Crippen LogP contribution is 2.21. The first kappa shape index (κ1) is 18.9. The van der Waals surface area contributed by atoms with Crippen LogP contribution in [0.15, 0.2) is 36.4 Å². The van der Waals surface area contributed by atoms with E-state index < -0.39 is 0 Å². The minimum absolute atomic E-state index is 0.0714. The van der Waals surface area contributed by atoms with Gasteiger partial charge in [0, 0.05) is 12.2 Å². The second kappa shape index (κ2) is 8.58. The van der Waals surface area contributed by atoms with Gasteiger partial charge in [-0.05, 0) is 61.8 Å². The van der Waals surface area contributed by atoms with Crippen molar-refractivity contribution in [1.29, 1.82) is 0 Å². The molecule has 0 radical (unpaired) electrons. The highest BCUT2D eigenvalue weighted by molar-refractivity contribution is 7.80. The summed E-state index contributed by atoms with van der Waals surface area (Å²) >= 11 is 5.15. The molecule has 0 unspecified atom stereocenters. The van der Waals surface area contributed by atoms with Crippen LogP contribution >= 0.6 is 12.2 Å². The van der Waals surface area contributed by atoms with Crippen molar-refractivity contribution in [1.82, 2.24) is 10.6 Å². The number of benzene rings is 2. The quantitative estimate of drug-likeness (QED) is 0.717. The molecule has 0 atom stereocenters. The summed E-state index contributed by atoms with van der Waals surface area (Å²) in [5, 5.41) is 9.14. The maximum Gasteiger partial charge on any atom is 0.243 e. The number of nitrogens with one attached hydrogen (secondary N) is 3. The number of anilines is 1. The smallest absolute Gasteiger partial charge is 0.243 e. The molecular weight excluding hydrogens is 337 g/mol. The summed E-state index contributed by atoms with van der Waals surface area (Å²) < 4.78 is 12.8. The summed E-state index contributed by atoms with van der Waals surface area (Å²) in [6.07, 6.45) is 0. The second-order valence-electron chi connectivity index (χ2n) is 5.98. The van der Waals surface area contributed by atoms with E-state index in [1.807, 2.05) is 32.9 Å². The first-order chi connectivity index (χ1) is 11.8. The van der Waals surface area contributed by atoms with Crippen LogP contribution in [0.25, 0.3) is 0 Å². The number of carbonyl (C=O) groups excluding carboxylic acids is 1. The molecule has 0 saturated carbocycles. The Labute approximate surface area is 152 Å². The lowest BCUT2D eigenvalue weighted by Crippen LogP contribution is -2.39. The van der Waals surface area contributed by atoms with Gasteiger partial charge in [0.1, 0.15) is 5.82 Å². The lowest BCUT2D eigenvalue weighted by Gasteiger charge is -2.14. The molecule has 6 heteroatoms. The van der Waals surface area contributed by atoms with Gasteiger partial charge in [0.15, 0.2) is 5.11 Å². The third-order valence-electron chi connectivity index (χ3n) is 3.72. The van der Waals surface area contributed by atoms with Crippen LogP contribution in [0.1, 0.15) is 22.3 Å². The fraction of sp³-hybridized carbons (Fsp3) is 0.263. The van der Waals surface area contributed by atoms with Crippen molar-refractivity contribution in [3.05, 3.63) is 64.5 Å². The van der Waals surface area contributed by atoms with Gasteiger partial charge >= 0.3 is 0 Å². The van der Waals surface area contributed by atoms with Crippen molar-refractivity contribution in [3.8, 4) is 0 Å². The molecule has 0 aliphatic rings. The summed E-state index contributed by atoms with van der Waals surface area (Å²) in [7, 11) is 0. The topological polar surface area (TPSA) is 53.2 Å². The molecule has 132 valence electrons. The van der Waals surface area contributed by atoms with Crippen molar-refractivity contribution in [2.24, 2.45) is 0 Å². The summed E-state index contributed by atoms with van der Waals surface area (Å²) in [5.41, 5.74) is 4.96. The van der Waals surface area contributed by atoms with Crippen molar-refractivity contribution >= 4 is 28.9 Å². The average molecular weight is 359 g/mol. The Bertz CT molecular complexity index is 752. The molecule has 2 rings (SSSR count). The van der Waals surface area contributed by atoms with Crippen LogP contribution < -0.4 is 16.0 Å². The Morgan fingerprint density at radius 2 is 1.64 bits per heavy atom.